The van der Waals surface area contributed by atoms with Crippen LogP contribution in [0.25, 0.3) is 0 Å². The monoisotopic (exact) mass is 326 g/mol. The Labute approximate surface area is 133 Å². The first-order valence-electron chi connectivity index (χ1n) is 7.80. The minimum atomic E-state index is -3.31. The molecule has 0 radical (unpaired) electrons. The van der Waals surface area contributed by atoms with Crippen molar-refractivity contribution in [3.05, 3.63) is 41.4 Å². The number of allylic oxidation sites excluding steroid dienone is 1. The van der Waals surface area contributed by atoms with E-state index in [2.05, 4.69) is 5.32 Å². The normalized spacial score (nSPS) is 27.2. The zero-order valence-corrected chi connectivity index (χ0v) is 13.0. The van der Waals surface area contributed by atoms with Crippen molar-refractivity contribution in [3.8, 4) is 0 Å². The second-order valence-electron chi connectivity index (χ2n) is 6.52. The summed E-state index contributed by atoms with van der Waals surface area (Å²) in [4.78, 5) is 0. The van der Waals surface area contributed by atoms with Gasteiger partial charge in [0.05, 0.1) is 6.61 Å². The largest absolute Gasteiger partial charge is 0.401 e. The maximum Gasteiger partial charge on any atom is 0.285 e. The Kier molecular flexibility index (Phi) is 4.04. The molecule has 3 rings (SSSR count). The van der Waals surface area contributed by atoms with Gasteiger partial charge in [-0.2, -0.15) is 0 Å². The topological polar surface area (TPSA) is 47.3 Å². The lowest BCUT2D eigenvalue weighted by Gasteiger charge is -2.37. The van der Waals surface area contributed by atoms with E-state index in [1.165, 1.54) is 38.0 Å². The number of nitrogens with two attached hydrogens (primary N) is 1. The highest BCUT2D eigenvalue weighted by Gasteiger charge is 2.55. The van der Waals surface area contributed by atoms with Crippen molar-refractivity contribution < 1.29 is 17.9 Å². The molecule has 1 aromatic carbocycles. The Morgan fingerprint density at radius 2 is 2.09 bits per heavy atom. The first-order chi connectivity index (χ1) is 10.8. The van der Waals surface area contributed by atoms with E-state index in [0.717, 1.165) is 6.54 Å². The molecule has 126 valence electrons. The molecule has 1 heterocycles. The van der Waals surface area contributed by atoms with E-state index >= 15 is 0 Å². The zero-order chi connectivity index (χ0) is 16.7. The van der Waals surface area contributed by atoms with Crippen molar-refractivity contribution in [2.45, 2.75) is 31.1 Å². The highest BCUT2D eigenvalue weighted by molar-refractivity contribution is 5.51. The summed E-state index contributed by atoms with van der Waals surface area (Å²) in [5.74, 6) is -3.38. The zero-order valence-electron chi connectivity index (χ0n) is 13.0. The Hall–Kier alpha value is -1.69. The lowest BCUT2D eigenvalue weighted by Crippen LogP contribution is -2.49. The van der Waals surface area contributed by atoms with Gasteiger partial charge in [0.25, 0.3) is 5.92 Å². The smallest absolute Gasteiger partial charge is 0.285 e. The Bertz CT molecular complexity index is 628. The van der Waals surface area contributed by atoms with Crippen molar-refractivity contribution in [1.82, 2.24) is 0 Å². The molecule has 3 N–H and O–H groups in total. The minimum Gasteiger partial charge on any atom is -0.401 e. The van der Waals surface area contributed by atoms with E-state index in [9.17, 15) is 13.2 Å². The number of hydrogen-bond donors (Lipinski definition) is 2. The third-order valence-corrected chi connectivity index (χ3v) is 4.81. The quantitative estimate of drug-likeness (QED) is 0.891. The number of alkyl halides is 2. The molecule has 0 bridgehead atoms. The lowest BCUT2D eigenvalue weighted by molar-refractivity contribution is -0.108. The fourth-order valence-corrected chi connectivity index (χ4v) is 2.85. The Morgan fingerprint density at radius 3 is 2.78 bits per heavy atom. The van der Waals surface area contributed by atoms with Crippen molar-refractivity contribution in [2.75, 3.05) is 25.1 Å². The van der Waals surface area contributed by atoms with E-state index < -0.39 is 23.8 Å². The van der Waals surface area contributed by atoms with Crippen LogP contribution < -0.4 is 11.1 Å². The average molecular weight is 326 g/mol. The van der Waals surface area contributed by atoms with Gasteiger partial charge in [0, 0.05) is 23.5 Å². The Morgan fingerprint density at radius 1 is 1.35 bits per heavy atom. The summed E-state index contributed by atoms with van der Waals surface area (Å²) in [7, 11) is 0. The van der Waals surface area contributed by atoms with Crippen LogP contribution in [0.3, 0.4) is 0 Å². The van der Waals surface area contributed by atoms with Crippen LogP contribution in [0.4, 0.5) is 18.9 Å². The van der Waals surface area contributed by atoms with Gasteiger partial charge >= 0.3 is 0 Å². The third kappa shape index (κ3) is 2.92. The first-order valence-corrected chi connectivity index (χ1v) is 7.80. The molecule has 1 fully saturated rings. The average Bonchev–Trinajstić information content (AvgIpc) is 3.33. The van der Waals surface area contributed by atoms with E-state index in [-0.39, 0.29) is 17.9 Å². The lowest BCUT2D eigenvalue weighted by atomic mass is 9.73. The highest BCUT2D eigenvalue weighted by Crippen LogP contribution is 2.46. The number of ether oxygens (including phenoxy) is 1. The van der Waals surface area contributed by atoms with Crippen molar-refractivity contribution in [2.24, 2.45) is 11.7 Å². The molecule has 0 spiro atoms. The second-order valence-corrected chi connectivity index (χ2v) is 6.52. The van der Waals surface area contributed by atoms with E-state index in [1.54, 1.807) is 6.07 Å². The molecule has 1 saturated carbocycles. The summed E-state index contributed by atoms with van der Waals surface area (Å²) >= 11 is 0. The van der Waals surface area contributed by atoms with Crippen LogP contribution in [0.15, 0.2) is 30.0 Å². The molecule has 1 aliphatic heterocycles. The molecule has 1 aliphatic carbocycles. The van der Waals surface area contributed by atoms with Crippen LogP contribution >= 0.6 is 0 Å². The number of rotatable bonds is 4. The van der Waals surface area contributed by atoms with Crippen LogP contribution in [0, 0.1) is 11.7 Å². The van der Waals surface area contributed by atoms with E-state index in [4.69, 9.17) is 10.5 Å². The summed E-state index contributed by atoms with van der Waals surface area (Å²) in [5.41, 5.74) is 4.39. The molecular formula is C17H21F3N2O. The molecule has 23 heavy (non-hydrogen) atoms. The van der Waals surface area contributed by atoms with Crippen molar-refractivity contribution in [3.63, 3.8) is 0 Å². The summed E-state index contributed by atoms with van der Waals surface area (Å²) in [6.45, 7) is 1.25. The van der Waals surface area contributed by atoms with Gasteiger partial charge in [-0.1, -0.05) is 0 Å². The molecule has 6 heteroatoms. The number of hydrogen-bond acceptors (Lipinski definition) is 3. The first kappa shape index (κ1) is 16.2. The SMILES string of the molecule is C[C@]1(c2cc(NCC3CC3)ccc2F)C(N)=CCOCC1(F)F. The Balaban J connectivity index is 2.00. The maximum absolute atomic E-state index is 14.7. The molecule has 0 unspecified atom stereocenters. The third-order valence-electron chi connectivity index (χ3n) is 4.81. The second kappa shape index (κ2) is 5.74. The van der Waals surface area contributed by atoms with Gasteiger partial charge in [-0.3, -0.25) is 0 Å². The molecule has 1 aromatic rings. The maximum atomic E-state index is 14.7. The van der Waals surface area contributed by atoms with Gasteiger partial charge < -0.3 is 15.8 Å². The van der Waals surface area contributed by atoms with Crippen LogP contribution in [-0.2, 0) is 10.2 Å². The summed E-state index contributed by atoms with van der Waals surface area (Å²) < 4.78 is 48.6. The molecule has 0 amide bonds. The van der Waals surface area contributed by atoms with Crippen LogP contribution in [0.2, 0.25) is 0 Å². The predicted molar refractivity (Wildman–Crippen MR) is 83.0 cm³/mol. The van der Waals surface area contributed by atoms with Crippen molar-refractivity contribution >= 4 is 5.69 Å². The fraction of sp³-hybridized carbons (Fsp3) is 0.529. The minimum absolute atomic E-state index is 0.00173. The van der Waals surface area contributed by atoms with Gasteiger partial charge in [-0.05, 0) is 50.0 Å². The molecular weight excluding hydrogens is 305 g/mol. The summed E-state index contributed by atoms with van der Waals surface area (Å²) in [6.07, 6.45) is 3.73. The standard InChI is InChI=1S/C17H21F3N2O/c1-16(15(21)6-7-23-10-17(16,19)20)13-8-12(4-5-14(13)18)22-9-11-2-3-11/h4-6,8,11,22H,2-3,7,9-10,21H2,1H3/t16-/m0/s1. The van der Waals surface area contributed by atoms with Gasteiger partial charge in [0.1, 0.15) is 17.8 Å². The predicted octanol–water partition coefficient (Wildman–Crippen LogP) is 3.41. The van der Waals surface area contributed by atoms with Gasteiger partial charge in [-0.25, -0.2) is 13.2 Å². The van der Waals surface area contributed by atoms with Gasteiger partial charge in [0.2, 0.25) is 0 Å². The molecule has 1 atom stereocenters. The number of anilines is 1. The molecule has 3 nitrogen and oxygen atoms in total. The number of nitrogens with one attached hydrogen (secondary N) is 1. The molecule has 0 saturated heterocycles. The van der Waals surface area contributed by atoms with Crippen molar-refractivity contribution in [1.29, 1.82) is 0 Å². The van der Waals surface area contributed by atoms with Gasteiger partial charge in [0.15, 0.2) is 0 Å². The molecule has 2 aliphatic rings. The fourth-order valence-electron chi connectivity index (χ4n) is 2.85. The van der Waals surface area contributed by atoms with Gasteiger partial charge in [-0.15, -0.1) is 0 Å². The van der Waals surface area contributed by atoms with E-state index in [0.29, 0.717) is 11.6 Å². The highest BCUT2D eigenvalue weighted by atomic mass is 19.3. The summed E-state index contributed by atoms with van der Waals surface area (Å²) in [5, 5.41) is 3.19. The van der Waals surface area contributed by atoms with E-state index in [1.807, 2.05) is 0 Å². The molecule has 0 aromatic heterocycles. The van der Waals surface area contributed by atoms with Crippen LogP contribution in [0.1, 0.15) is 25.3 Å². The van der Waals surface area contributed by atoms with Crippen LogP contribution in [0.5, 0.6) is 0 Å². The number of halogens is 3. The van der Waals surface area contributed by atoms with Crippen LogP contribution in [-0.4, -0.2) is 25.7 Å². The number of benzene rings is 1. The summed E-state index contributed by atoms with van der Waals surface area (Å²) in [6, 6.07) is 4.22.